The Labute approximate surface area is 81.7 Å². The number of amides is 1. The Balaban J connectivity index is 3.28. The van der Waals surface area contributed by atoms with Gasteiger partial charge in [0.1, 0.15) is 0 Å². The van der Waals surface area contributed by atoms with Gasteiger partial charge in [0.15, 0.2) is 0 Å². The van der Waals surface area contributed by atoms with Crippen LogP contribution in [0.2, 0.25) is 0 Å². The van der Waals surface area contributed by atoms with Crippen molar-refractivity contribution in [2.24, 2.45) is 0 Å². The van der Waals surface area contributed by atoms with Crippen molar-refractivity contribution in [3.05, 3.63) is 11.1 Å². The van der Waals surface area contributed by atoms with E-state index < -0.39 is 0 Å². The SMILES string of the molecule is C=C(Br)CNC(=O)CCNCC. The smallest absolute Gasteiger partial charge is 0.221 e. The van der Waals surface area contributed by atoms with Crippen LogP contribution in [0.15, 0.2) is 11.1 Å². The van der Waals surface area contributed by atoms with Gasteiger partial charge in [-0.25, -0.2) is 0 Å². The van der Waals surface area contributed by atoms with Crippen LogP contribution in [0.4, 0.5) is 0 Å². The number of carbonyl (C=O) groups is 1. The zero-order valence-electron chi connectivity index (χ0n) is 7.32. The first-order valence-corrected chi connectivity index (χ1v) is 4.76. The van der Waals surface area contributed by atoms with Gasteiger partial charge in [0, 0.05) is 24.0 Å². The highest BCUT2D eigenvalue weighted by Gasteiger charge is 1.98. The second-order valence-corrected chi connectivity index (χ2v) is 3.52. The molecule has 0 heterocycles. The minimum atomic E-state index is 0.0524. The Hall–Kier alpha value is -0.350. The van der Waals surface area contributed by atoms with Gasteiger partial charge in [-0.15, -0.1) is 0 Å². The first kappa shape index (κ1) is 11.6. The predicted octanol–water partition coefficient (Wildman–Crippen LogP) is 1.01. The average molecular weight is 235 g/mol. The normalized spacial score (nSPS) is 9.50. The lowest BCUT2D eigenvalue weighted by Crippen LogP contribution is -2.28. The van der Waals surface area contributed by atoms with E-state index in [0.29, 0.717) is 13.0 Å². The highest BCUT2D eigenvalue weighted by Crippen LogP contribution is 1.96. The third-order valence-electron chi connectivity index (χ3n) is 1.26. The van der Waals surface area contributed by atoms with Gasteiger partial charge in [-0.2, -0.15) is 0 Å². The molecule has 70 valence electrons. The van der Waals surface area contributed by atoms with Crippen LogP contribution in [-0.4, -0.2) is 25.5 Å². The van der Waals surface area contributed by atoms with E-state index in [1.807, 2.05) is 6.92 Å². The van der Waals surface area contributed by atoms with Crippen molar-refractivity contribution in [3.63, 3.8) is 0 Å². The van der Waals surface area contributed by atoms with Gasteiger partial charge in [-0.3, -0.25) is 4.79 Å². The summed E-state index contributed by atoms with van der Waals surface area (Å²) in [4.78, 5) is 11.0. The minimum Gasteiger partial charge on any atom is -0.351 e. The van der Waals surface area contributed by atoms with Crippen LogP contribution in [0.3, 0.4) is 0 Å². The fourth-order valence-electron chi connectivity index (χ4n) is 0.662. The fourth-order valence-corrected chi connectivity index (χ4v) is 0.802. The van der Waals surface area contributed by atoms with E-state index in [0.717, 1.165) is 17.6 Å². The summed E-state index contributed by atoms with van der Waals surface area (Å²) in [5.74, 6) is 0.0524. The molecule has 0 spiro atoms. The molecule has 0 unspecified atom stereocenters. The Morgan fingerprint density at radius 1 is 1.58 bits per heavy atom. The van der Waals surface area contributed by atoms with Crippen LogP contribution in [0, 0.1) is 0 Å². The maximum atomic E-state index is 11.0. The summed E-state index contributed by atoms with van der Waals surface area (Å²) in [5.41, 5.74) is 0. The quantitative estimate of drug-likeness (QED) is 0.674. The Morgan fingerprint density at radius 3 is 2.75 bits per heavy atom. The van der Waals surface area contributed by atoms with Crippen molar-refractivity contribution in [1.82, 2.24) is 10.6 Å². The number of nitrogens with one attached hydrogen (secondary N) is 2. The Kier molecular flexibility index (Phi) is 7.09. The van der Waals surface area contributed by atoms with E-state index in [1.165, 1.54) is 0 Å². The first-order valence-electron chi connectivity index (χ1n) is 3.97. The van der Waals surface area contributed by atoms with Crippen LogP contribution < -0.4 is 10.6 Å². The third kappa shape index (κ3) is 7.75. The molecule has 0 saturated heterocycles. The lowest BCUT2D eigenvalue weighted by Gasteiger charge is -2.03. The van der Waals surface area contributed by atoms with Gasteiger partial charge >= 0.3 is 0 Å². The zero-order chi connectivity index (χ0) is 9.40. The molecule has 0 fully saturated rings. The summed E-state index contributed by atoms with van der Waals surface area (Å²) in [6, 6.07) is 0. The molecule has 0 aromatic carbocycles. The van der Waals surface area contributed by atoms with E-state index in [-0.39, 0.29) is 5.91 Å². The molecule has 0 aliphatic rings. The van der Waals surface area contributed by atoms with Crippen molar-refractivity contribution in [2.45, 2.75) is 13.3 Å². The van der Waals surface area contributed by atoms with Crippen molar-refractivity contribution < 1.29 is 4.79 Å². The van der Waals surface area contributed by atoms with E-state index in [9.17, 15) is 4.79 Å². The molecule has 0 aliphatic heterocycles. The maximum absolute atomic E-state index is 11.0. The predicted molar refractivity (Wildman–Crippen MR) is 54.2 cm³/mol. The van der Waals surface area contributed by atoms with Crippen LogP contribution in [0.1, 0.15) is 13.3 Å². The molecule has 2 N–H and O–H groups in total. The van der Waals surface area contributed by atoms with Gasteiger partial charge in [-0.05, 0) is 6.54 Å². The second kappa shape index (κ2) is 7.31. The van der Waals surface area contributed by atoms with E-state index in [4.69, 9.17) is 0 Å². The molecule has 0 bridgehead atoms. The summed E-state index contributed by atoms with van der Waals surface area (Å²) in [7, 11) is 0. The Morgan fingerprint density at radius 2 is 2.25 bits per heavy atom. The summed E-state index contributed by atoms with van der Waals surface area (Å²) in [6.45, 7) is 7.76. The number of rotatable bonds is 6. The van der Waals surface area contributed by atoms with Crippen LogP contribution in [0.5, 0.6) is 0 Å². The summed E-state index contributed by atoms with van der Waals surface area (Å²) in [6.07, 6.45) is 0.522. The van der Waals surface area contributed by atoms with Crippen molar-refractivity contribution in [3.8, 4) is 0 Å². The first-order chi connectivity index (χ1) is 5.66. The number of hydrogen-bond acceptors (Lipinski definition) is 2. The van der Waals surface area contributed by atoms with Crippen molar-refractivity contribution in [2.75, 3.05) is 19.6 Å². The van der Waals surface area contributed by atoms with Gasteiger partial charge in [0.05, 0.1) is 0 Å². The second-order valence-electron chi connectivity index (χ2n) is 2.40. The summed E-state index contributed by atoms with van der Waals surface area (Å²) in [5, 5.41) is 5.79. The molecule has 0 aliphatic carbocycles. The standard InChI is InChI=1S/C8H15BrN2O/c1-3-10-5-4-8(12)11-6-7(2)9/h10H,2-6H2,1H3,(H,11,12). The molecule has 1 amide bonds. The summed E-state index contributed by atoms with van der Waals surface area (Å²) < 4.78 is 0.791. The van der Waals surface area contributed by atoms with Gasteiger partial charge in [-0.1, -0.05) is 29.4 Å². The number of carbonyl (C=O) groups excluding carboxylic acids is 1. The molecule has 4 heteroatoms. The fraction of sp³-hybridized carbons (Fsp3) is 0.625. The summed E-state index contributed by atoms with van der Waals surface area (Å²) >= 11 is 3.16. The molecule has 0 aromatic heterocycles. The molecule has 0 aromatic rings. The average Bonchev–Trinajstić information content (AvgIpc) is 2.01. The van der Waals surface area contributed by atoms with E-state index in [1.54, 1.807) is 0 Å². The lowest BCUT2D eigenvalue weighted by molar-refractivity contribution is -0.120. The highest BCUT2D eigenvalue weighted by molar-refractivity contribution is 9.11. The highest BCUT2D eigenvalue weighted by atomic mass is 79.9. The largest absolute Gasteiger partial charge is 0.351 e. The van der Waals surface area contributed by atoms with Crippen molar-refractivity contribution in [1.29, 1.82) is 0 Å². The topological polar surface area (TPSA) is 41.1 Å². The molecular formula is C8H15BrN2O. The molecule has 0 saturated carbocycles. The van der Waals surface area contributed by atoms with Crippen LogP contribution in [-0.2, 0) is 4.79 Å². The molecule has 0 atom stereocenters. The van der Waals surface area contributed by atoms with Crippen LogP contribution >= 0.6 is 15.9 Å². The molecule has 0 rings (SSSR count). The molecule has 12 heavy (non-hydrogen) atoms. The maximum Gasteiger partial charge on any atom is 0.221 e. The third-order valence-corrected chi connectivity index (χ3v) is 1.54. The lowest BCUT2D eigenvalue weighted by atomic mass is 10.4. The number of halogens is 1. The van der Waals surface area contributed by atoms with Gasteiger partial charge in [0.25, 0.3) is 0 Å². The molecule has 0 radical (unpaired) electrons. The Bertz CT molecular complexity index is 159. The van der Waals surface area contributed by atoms with Crippen molar-refractivity contribution >= 4 is 21.8 Å². The van der Waals surface area contributed by atoms with Gasteiger partial charge in [0.2, 0.25) is 5.91 Å². The minimum absolute atomic E-state index is 0.0524. The molecular weight excluding hydrogens is 220 g/mol. The zero-order valence-corrected chi connectivity index (χ0v) is 8.91. The number of hydrogen-bond donors (Lipinski definition) is 2. The van der Waals surface area contributed by atoms with E-state index in [2.05, 4.69) is 33.1 Å². The monoisotopic (exact) mass is 234 g/mol. The van der Waals surface area contributed by atoms with Crippen LogP contribution in [0.25, 0.3) is 0 Å². The molecule has 3 nitrogen and oxygen atoms in total. The van der Waals surface area contributed by atoms with E-state index >= 15 is 0 Å². The van der Waals surface area contributed by atoms with Gasteiger partial charge < -0.3 is 10.6 Å².